The van der Waals surface area contributed by atoms with Gasteiger partial charge in [-0.25, -0.2) is 0 Å². The lowest BCUT2D eigenvalue weighted by Crippen LogP contribution is -2.41. The molecule has 4 heteroatoms. The number of thiocarbonyl (C=S) groups is 1. The first kappa shape index (κ1) is 13.0. The Morgan fingerprint density at radius 3 is 2.46 bits per heavy atom. The van der Waals surface area contributed by atoms with Crippen molar-refractivity contribution in [2.75, 3.05) is 18.6 Å². The molecule has 0 aliphatic heterocycles. The van der Waals surface area contributed by atoms with Crippen LogP contribution in [-0.4, -0.2) is 29.7 Å². The van der Waals surface area contributed by atoms with Crippen LogP contribution in [0.5, 0.6) is 0 Å². The van der Waals surface area contributed by atoms with Gasteiger partial charge in [-0.2, -0.15) is 11.8 Å². The zero-order chi connectivity index (χ0) is 10.3. The fourth-order valence-electron chi connectivity index (χ4n) is 0.924. The van der Waals surface area contributed by atoms with Gasteiger partial charge in [0.1, 0.15) is 0 Å². The number of rotatable bonds is 5. The van der Waals surface area contributed by atoms with Crippen molar-refractivity contribution >= 4 is 29.1 Å². The van der Waals surface area contributed by atoms with Gasteiger partial charge in [0.2, 0.25) is 0 Å². The van der Waals surface area contributed by atoms with Gasteiger partial charge >= 0.3 is 0 Å². The summed E-state index contributed by atoms with van der Waals surface area (Å²) in [5.41, 5.74) is 0. The van der Waals surface area contributed by atoms with Gasteiger partial charge in [0.15, 0.2) is 5.11 Å². The number of hydrogen-bond acceptors (Lipinski definition) is 2. The second kappa shape index (κ2) is 7.44. The molecule has 78 valence electrons. The third-order valence-electron chi connectivity index (χ3n) is 1.48. The van der Waals surface area contributed by atoms with E-state index in [-0.39, 0.29) is 0 Å². The van der Waals surface area contributed by atoms with Crippen molar-refractivity contribution in [2.24, 2.45) is 5.92 Å². The summed E-state index contributed by atoms with van der Waals surface area (Å²) in [7, 11) is 0. The summed E-state index contributed by atoms with van der Waals surface area (Å²) in [5.74, 6) is 1.85. The van der Waals surface area contributed by atoms with E-state index in [0.29, 0.717) is 12.0 Å². The average Bonchev–Trinajstić information content (AvgIpc) is 2.00. The molecule has 0 heterocycles. The lowest BCUT2D eigenvalue weighted by molar-refractivity contribution is 0.620. The molecule has 0 aromatic heterocycles. The molecule has 0 saturated carbocycles. The van der Waals surface area contributed by atoms with Crippen molar-refractivity contribution in [3.8, 4) is 0 Å². The second-order valence-corrected chi connectivity index (χ2v) is 4.89. The van der Waals surface area contributed by atoms with Crippen molar-refractivity contribution < 1.29 is 0 Å². The topological polar surface area (TPSA) is 24.1 Å². The molecule has 0 saturated heterocycles. The fraction of sp³-hybridized carbons (Fsp3) is 0.889. The Hall–Kier alpha value is 0.0400. The molecule has 0 radical (unpaired) electrons. The Morgan fingerprint density at radius 1 is 1.38 bits per heavy atom. The second-order valence-electron chi connectivity index (χ2n) is 3.57. The van der Waals surface area contributed by atoms with Gasteiger partial charge in [0.05, 0.1) is 0 Å². The summed E-state index contributed by atoms with van der Waals surface area (Å²) >= 11 is 6.98. The Balaban J connectivity index is 3.46. The van der Waals surface area contributed by atoms with Crippen molar-refractivity contribution in [3.05, 3.63) is 0 Å². The van der Waals surface area contributed by atoms with E-state index >= 15 is 0 Å². The average molecular weight is 220 g/mol. The number of nitrogens with one attached hydrogen (secondary N) is 2. The summed E-state index contributed by atoms with van der Waals surface area (Å²) < 4.78 is 0. The molecule has 0 aliphatic rings. The first-order valence-electron chi connectivity index (χ1n) is 4.59. The molecule has 0 fully saturated rings. The van der Waals surface area contributed by atoms with Crippen LogP contribution in [0.4, 0.5) is 0 Å². The highest BCUT2D eigenvalue weighted by Gasteiger charge is 2.02. The summed E-state index contributed by atoms with van der Waals surface area (Å²) in [6.07, 6.45) is 2.13. The van der Waals surface area contributed by atoms with E-state index in [1.54, 1.807) is 0 Å². The molecule has 0 spiro atoms. The van der Waals surface area contributed by atoms with Gasteiger partial charge in [-0.05, 0) is 44.0 Å². The minimum atomic E-state index is 0.413. The van der Waals surface area contributed by atoms with Gasteiger partial charge in [0.25, 0.3) is 0 Å². The predicted molar refractivity (Wildman–Crippen MR) is 66.4 cm³/mol. The van der Waals surface area contributed by atoms with Gasteiger partial charge in [0, 0.05) is 12.6 Å². The van der Waals surface area contributed by atoms with Crippen LogP contribution in [0.2, 0.25) is 0 Å². The maximum atomic E-state index is 5.10. The van der Waals surface area contributed by atoms with Crippen LogP contribution in [-0.2, 0) is 0 Å². The van der Waals surface area contributed by atoms with Crippen LogP contribution in [0.15, 0.2) is 0 Å². The molecule has 0 aliphatic carbocycles. The molecule has 0 bridgehead atoms. The highest BCUT2D eigenvalue weighted by Crippen LogP contribution is 2.02. The highest BCUT2D eigenvalue weighted by atomic mass is 32.2. The maximum absolute atomic E-state index is 5.10. The predicted octanol–water partition coefficient (Wildman–Crippen LogP) is 1.86. The largest absolute Gasteiger partial charge is 0.362 e. The molecule has 1 unspecified atom stereocenters. The monoisotopic (exact) mass is 220 g/mol. The molecule has 0 aromatic rings. The van der Waals surface area contributed by atoms with Crippen LogP contribution in [0.1, 0.15) is 20.8 Å². The van der Waals surface area contributed by atoms with Crippen molar-refractivity contribution in [1.29, 1.82) is 0 Å². The van der Waals surface area contributed by atoms with Gasteiger partial charge < -0.3 is 10.6 Å². The van der Waals surface area contributed by atoms with E-state index in [1.165, 1.54) is 5.75 Å². The molecular formula is C9H20N2S2. The van der Waals surface area contributed by atoms with Crippen molar-refractivity contribution in [1.82, 2.24) is 10.6 Å². The first-order valence-corrected chi connectivity index (χ1v) is 6.39. The Kier molecular flexibility index (Phi) is 7.47. The lowest BCUT2D eigenvalue weighted by Gasteiger charge is -2.15. The molecule has 2 N–H and O–H groups in total. The van der Waals surface area contributed by atoms with E-state index in [4.69, 9.17) is 12.2 Å². The fourth-order valence-corrected chi connectivity index (χ4v) is 1.93. The van der Waals surface area contributed by atoms with Crippen LogP contribution < -0.4 is 10.6 Å². The number of hydrogen-bond donors (Lipinski definition) is 2. The van der Waals surface area contributed by atoms with E-state index in [2.05, 4.69) is 37.7 Å². The van der Waals surface area contributed by atoms with Gasteiger partial charge in [-0.15, -0.1) is 0 Å². The minimum Gasteiger partial charge on any atom is -0.362 e. The summed E-state index contributed by atoms with van der Waals surface area (Å²) in [5, 5.41) is 7.13. The molecule has 0 aromatic carbocycles. The maximum Gasteiger partial charge on any atom is 0.166 e. The van der Waals surface area contributed by atoms with Crippen molar-refractivity contribution in [3.63, 3.8) is 0 Å². The van der Waals surface area contributed by atoms with E-state index in [1.807, 2.05) is 11.8 Å². The molecule has 0 rings (SSSR count). The third kappa shape index (κ3) is 8.37. The smallest absolute Gasteiger partial charge is 0.166 e. The highest BCUT2D eigenvalue weighted by molar-refractivity contribution is 7.98. The summed E-state index contributed by atoms with van der Waals surface area (Å²) in [4.78, 5) is 0. The third-order valence-corrected chi connectivity index (χ3v) is 2.65. The SMILES string of the molecule is CSCC(C)CNC(=S)NC(C)C. The summed E-state index contributed by atoms with van der Waals surface area (Å²) in [6.45, 7) is 7.35. The van der Waals surface area contributed by atoms with E-state index in [0.717, 1.165) is 11.7 Å². The summed E-state index contributed by atoms with van der Waals surface area (Å²) in [6, 6.07) is 0.413. The minimum absolute atomic E-state index is 0.413. The first-order chi connectivity index (χ1) is 6.06. The Morgan fingerprint density at radius 2 is 2.00 bits per heavy atom. The molecule has 1 atom stereocenters. The van der Waals surface area contributed by atoms with E-state index in [9.17, 15) is 0 Å². The molecule has 13 heavy (non-hydrogen) atoms. The molecule has 2 nitrogen and oxygen atoms in total. The number of thioether (sulfide) groups is 1. The van der Waals surface area contributed by atoms with Crippen LogP contribution in [0.3, 0.4) is 0 Å². The van der Waals surface area contributed by atoms with Crippen molar-refractivity contribution in [2.45, 2.75) is 26.8 Å². The van der Waals surface area contributed by atoms with E-state index < -0.39 is 0 Å². The molecular weight excluding hydrogens is 200 g/mol. The zero-order valence-corrected chi connectivity index (χ0v) is 10.5. The Bertz CT molecular complexity index is 149. The van der Waals surface area contributed by atoms with Crippen LogP contribution in [0, 0.1) is 5.92 Å². The Labute approximate surface area is 91.2 Å². The molecule has 0 amide bonds. The lowest BCUT2D eigenvalue weighted by atomic mass is 10.2. The standard InChI is InChI=1S/C9H20N2S2/c1-7(2)11-9(12)10-5-8(3)6-13-4/h7-8H,5-6H2,1-4H3,(H2,10,11,12). The quantitative estimate of drug-likeness (QED) is 0.691. The normalized spacial score (nSPS) is 12.7. The van der Waals surface area contributed by atoms with Gasteiger partial charge in [-0.3, -0.25) is 0 Å². The van der Waals surface area contributed by atoms with Crippen LogP contribution >= 0.6 is 24.0 Å². The van der Waals surface area contributed by atoms with Crippen LogP contribution in [0.25, 0.3) is 0 Å². The van der Waals surface area contributed by atoms with Gasteiger partial charge in [-0.1, -0.05) is 6.92 Å². The zero-order valence-electron chi connectivity index (χ0n) is 8.89.